The lowest BCUT2D eigenvalue weighted by molar-refractivity contribution is -0.204. The molecule has 0 radical (unpaired) electrons. The third-order valence-electron chi connectivity index (χ3n) is 4.45. The van der Waals surface area contributed by atoms with E-state index < -0.39 is 5.79 Å². The summed E-state index contributed by atoms with van der Waals surface area (Å²) in [7, 11) is 0. The molecule has 3 rings (SSSR count). The summed E-state index contributed by atoms with van der Waals surface area (Å²) in [6.45, 7) is 2.12. The highest BCUT2D eigenvalue weighted by Crippen LogP contribution is 2.36. The molecule has 116 valence electrons. The van der Waals surface area contributed by atoms with Crippen molar-refractivity contribution in [3.05, 3.63) is 35.9 Å². The first-order valence-electron chi connectivity index (χ1n) is 7.96. The molecule has 1 saturated heterocycles. The predicted molar refractivity (Wildman–Crippen MR) is 81.0 cm³/mol. The van der Waals surface area contributed by atoms with Crippen molar-refractivity contribution in [1.29, 1.82) is 0 Å². The van der Waals surface area contributed by atoms with Gasteiger partial charge in [-0.15, -0.1) is 0 Å². The molecule has 1 heterocycles. The lowest BCUT2D eigenvalue weighted by Gasteiger charge is -2.39. The van der Waals surface area contributed by atoms with E-state index in [1.807, 2.05) is 6.07 Å². The third kappa shape index (κ3) is 3.83. The van der Waals surface area contributed by atoms with E-state index in [1.165, 1.54) is 5.56 Å². The fraction of sp³-hybridized carbons (Fsp3) is 0.647. The van der Waals surface area contributed by atoms with Crippen LogP contribution in [0.3, 0.4) is 0 Å². The number of rotatable bonds is 5. The summed E-state index contributed by atoms with van der Waals surface area (Å²) in [6, 6.07) is 10.6. The van der Waals surface area contributed by atoms with E-state index in [9.17, 15) is 0 Å². The van der Waals surface area contributed by atoms with Crippen molar-refractivity contribution < 1.29 is 14.2 Å². The van der Waals surface area contributed by atoms with Gasteiger partial charge >= 0.3 is 0 Å². The van der Waals surface area contributed by atoms with Gasteiger partial charge in [0, 0.05) is 25.5 Å². The van der Waals surface area contributed by atoms with Crippen LogP contribution in [0.5, 0.6) is 0 Å². The van der Waals surface area contributed by atoms with E-state index in [2.05, 4.69) is 24.3 Å². The molecule has 2 aliphatic rings. The Hall–Kier alpha value is -0.940. The highest BCUT2D eigenvalue weighted by atomic mass is 16.7. The highest BCUT2D eigenvalue weighted by Gasteiger charge is 2.44. The van der Waals surface area contributed by atoms with Crippen molar-refractivity contribution in [3.8, 4) is 0 Å². The number of benzene rings is 1. The molecule has 4 heteroatoms. The Labute approximate surface area is 126 Å². The summed E-state index contributed by atoms with van der Waals surface area (Å²) < 4.78 is 17.6. The van der Waals surface area contributed by atoms with Crippen LogP contribution in [0.1, 0.15) is 31.2 Å². The van der Waals surface area contributed by atoms with Gasteiger partial charge in [0.1, 0.15) is 0 Å². The monoisotopic (exact) mass is 291 g/mol. The van der Waals surface area contributed by atoms with Crippen molar-refractivity contribution in [2.45, 2.75) is 50.0 Å². The molecule has 0 bridgehead atoms. The quantitative estimate of drug-likeness (QED) is 0.846. The molecule has 1 aliphatic carbocycles. The van der Waals surface area contributed by atoms with Crippen molar-refractivity contribution in [3.63, 3.8) is 0 Å². The Morgan fingerprint density at radius 1 is 1.19 bits per heavy atom. The minimum atomic E-state index is -0.417. The zero-order valence-electron chi connectivity index (χ0n) is 12.5. The molecule has 2 unspecified atom stereocenters. The van der Waals surface area contributed by atoms with E-state index in [1.54, 1.807) is 0 Å². The molecule has 1 aliphatic heterocycles. The van der Waals surface area contributed by atoms with Crippen LogP contribution in [0.25, 0.3) is 0 Å². The van der Waals surface area contributed by atoms with Crippen LogP contribution in [0, 0.1) is 0 Å². The smallest absolute Gasteiger partial charge is 0.171 e. The molecule has 1 saturated carbocycles. The minimum Gasteiger partial charge on any atom is -0.376 e. The van der Waals surface area contributed by atoms with Crippen molar-refractivity contribution in [2.75, 3.05) is 19.8 Å². The number of hydrogen-bond donors (Lipinski definition) is 1. The zero-order valence-corrected chi connectivity index (χ0v) is 12.5. The van der Waals surface area contributed by atoms with Gasteiger partial charge in [0.2, 0.25) is 0 Å². The van der Waals surface area contributed by atoms with Gasteiger partial charge in [-0.2, -0.15) is 0 Å². The van der Waals surface area contributed by atoms with Gasteiger partial charge in [0.25, 0.3) is 0 Å². The second-order valence-corrected chi connectivity index (χ2v) is 6.01. The molecule has 1 aromatic rings. The van der Waals surface area contributed by atoms with Crippen molar-refractivity contribution >= 4 is 0 Å². The fourth-order valence-electron chi connectivity index (χ4n) is 3.23. The SMILES string of the molecule is NC1CCC2(CC1OCCCc1ccccc1)OCCO2. The van der Waals surface area contributed by atoms with E-state index in [0.717, 1.165) is 38.7 Å². The molecular weight excluding hydrogens is 266 g/mol. The van der Waals surface area contributed by atoms with Crippen molar-refractivity contribution in [2.24, 2.45) is 5.73 Å². The standard InChI is InChI=1S/C17H25NO3/c18-15-8-9-17(20-11-12-21-17)13-16(15)19-10-4-7-14-5-2-1-3-6-14/h1-3,5-6,15-16H,4,7-13,18H2. The Morgan fingerprint density at radius 3 is 2.71 bits per heavy atom. The van der Waals surface area contributed by atoms with Crippen LogP contribution in [0.4, 0.5) is 0 Å². The molecule has 2 fully saturated rings. The summed E-state index contributed by atoms with van der Waals surface area (Å²) in [4.78, 5) is 0. The van der Waals surface area contributed by atoms with Gasteiger partial charge in [0.15, 0.2) is 5.79 Å². The Kier molecular flexibility index (Phi) is 4.91. The zero-order chi connectivity index (χ0) is 14.5. The first kappa shape index (κ1) is 15.0. The fourth-order valence-corrected chi connectivity index (χ4v) is 3.23. The van der Waals surface area contributed by atoms with Crippen LogP contribution >= 0.6 is 0 Å². The molecule has 2 N–H and O–H groups in total. The van der Waals surface area contributed by atoms with Crippen molar-refractivity contribution in [1.82, 2.24) is 0 Å². The van der Waals surface area contributed by atoms with Crippen LogP contribution in [0.2, 0.25) is 0 Å². The van der Waals surface area contributed by atoms with Crippen LogP contribution in [0.15, 0.2) is 30.3 Å². The number of aryl methyl sites for hydroxylation is 1. The molecule has 21 heavy (non-hydrogen) atoms. The summed E-state index contributed by atoms with van der Waals surface area (Å²) in [5, 5.41) is 0. The van der Waals surface area contributed by atoms with E-state index in [4.69, 9.17) is 19.9 Å². The largest absolute Gasteiger partial charge is 0.376 e. The molecular formula is C17H25NO3. The average Bonchev–Trinajstić information content (AvgIpc) is 2.97. The molecule has 1 spiro atoms. The van der Waals surface area contributed by atoms with Gasteiger partial charge in [-0.25, -0.2) is 0 Å². The van der Waals surface area contributed by atoms with Crippen LogP contribution < -0.4 is 5.73 Å². The summed E-state index contributed by atoms with van der Waals surface area (Å²) in [5.41, 5.74) is 7.54. The Balaban J connectivity index is 1.43. The number of ether oxygens (including phenoxy) is 3. The van der Waals surface area contributed by atoms with Crippen LogP contribution in [-0.2, 0) is 20.6 Å². The lowest BCUT2D eigenvalue weighted by Crippen LogP contribution is -2.50. The molecule has 1 aromatic carbocycles. The van der Waals surface area contributed by atoms with E-state index in [-0.39, 0.29) is 12.1 Å². The first-order valence-corrected chi connectivity index (χ1v) is 7.96. The maximum atomic E-state index is 6.19. The normalized spacial score (nSPS) is 28.0. The number of hydrogen-bond acceptors (Lipinski definition) is 4. The average molecular weight is 291 g/mol. The molecule has 0 amide bonds. The Bertz CT molecular complexity index is 431. The van der Waals surface area contributed by atoms with Gasteiger partial charge in [-0.3, -0.25) is 0 Å². The second kappa shape index (κ2) is 6.88. The first-order chi connectivity index (χ1) is 10.3. The Morgan fingerprint density at radius 2 is 1.95 bits per heavy atom. The van der Waals surface area contributed by atoms with Gasteiger partial charge in [0.05, 0.1) is 19.3 Å². The minimum absolute atomic E-state index is 0.0487. The van der Waals surface area contributed by atoms with Gasteiger partial charge in [-0.05, 0) is 24.8 Å². The second-order valence-electron chi connectivity index (χ2n) is 6.01. The van der Waals surface area contributed by atoms with E-state index >= 15 is 0 Å². The summed E-state index contributed by atoms with van der Waals surface area (Å²) >= 11 is 0. The maximum Gasteiger partial charge on any atom is 0.171 e. The summed E-state index contributed by atoms with van der Waals surface area (Å²) in [6.07, 6.45) is 4.66. The van der Waals surface area contributed by atoms with Crippen LogP contribution in [-0.4, -0.2) is 37.8 Å². The molecule has 2 atom stereocenters. The lowest BCUT2D eigenvalue weighted by atomic mass is 9.88. The summed E-state index contributed by atoms with van der Waals surface area (Å²) in [5.74, 6) is -0.417. The molecule has 0 aromatic heterocycles. The highest BCUT2D eigenvalue weighted by molar-refractivity contribution is 5.14. The third-order valence-corrected chi connectivity index (χ3v) is 4.45. The predicted octanol–water partition coefficient (Wildman–Crippen LogP) is 2.26. The van der Waals surface area contributed by atoms with E-state index in [0.29, 0.717) is 13.2 Å². The maximum absolute atomic E-state index is 6.19. The number of nitrogens with two attached hydrogens (primary N) is 1. The topological polar surface area (TPSA) is 53.7 Å². The molecule has 4 nitrogen and oxygen atoms in total. The van der Waals surface area contributed by atoms with Gasteiger partial charge in [-0.1, -0.05) is 30.3 Å². The van der Waals surface area contributed by atoms with Gasteiger partial charge < -0.3 is 19.9 Å².